The summed E-state index contributed by atoms with van der Waals surface area (Å²) in [6.45, 7) is -0.403. The minimum Gasteiger partial charge on any atom is -0.434 e. The van der Waals surface area contributed by atoms with Crippen molar-refractivity contribution in [3.05, 3.63) is 0 Å². The standard InChI is InChI=1S/C8H14O3/c1-3-4-8(2)5-10-7(9)11-6-8/h3-6H2,1-2H3/i2D3. The molecule has 3 heteroatoms. The van der Waals surface area contributed by atoms with Crippen LogP contribution in [0.5, 0.6) is 0 Å². The Morgan fingerprint density at radius 1 is 1.64 bits per heavy atom. The maximum atomic E-state index is 10.7. The molecule has 1 fully saturated rings. The predicted octanol–water partition coefficient (Wildman–Crippen LogP) is 1.96. The molecular weight excluding hydrogens is 144 g/mol. The van der Waals surface area contributed by atoms with Crippen LogP contribution in [0.25, 0.3) is 0 Å². The van der Waals surface area contributed by atoms with Crippen LogP contribution < -0.4 is 0 Å². The van der Waals surface area contributed by atoms with Crippen molar-refractivity contribution in [3.8, 4) is 0 Å². The Bertz CT molecular complexity index is 214. The van der Waals surface area contributed by atoms with Gasteiger partial charge in [0.15, 0.2) is 0 Å². The fraction of sp³-hybridized carbons (Fsp3) is 0.875. The minimum atomic E-state index is -2.15. The van der Waals surface area contributed by atoms with Gasteiger partial charge in [-0.05, 0) is 6.42 Å². The van der Waals surface area contributed by atoms with Gasteiger partial charge in [0.05, 0.1) is 0 Å². The van der Waals surface area contributed by atoms with E-state index in [9.17, 15) is 4.79 Å². The van der Waals surface area contributed by atoms with E-state index < -0.39 is 18.4 Å². The number of hydrogen-bond donors (Lipinski definition) is 0. The number of carbonyl (C=O) groups excluding carboxylic acids is 1. The maximum absolute atomic E-state index is 10.7. The van der Waals surface area contributed by atoms with E-state index in [1.54, 1.807) is 0 Å². The fourth-order valence-electron chi connectivity index (χ4n) is 1.10. The molecule has 0 aromatic rings. The molecule has 0 spiro atoms. The topological polar surface area (TPSA) is 35.5 Å². The van der Waals surface area contributed by atoms with Crippen LogP contribution in [0.2, 0.25) is 0 Å². The van der Waals surface area contributed by atoms with Gasteiger partial charge >= 0.3 is 6.16 Å². The van der Waals surface area contributed by atoms with E-state index in [0.717, 1.165) is 6.42 Å². The Hall–Kier alpha value is -0.730. The maximum Gasteiger partial charge on any atom is 0.508 e. The number of ether oxygens (including phenoxy) is 2. The largest absolute Gasteiger partial charge is 0.508 e. The first-order valence-corrected chi connectivity index (χ1v) is 3.71. The van der Waals surface area contributed by atoms with E-state index in [2.05, 4.69) is 9.47 Å². The monoisotopic (exact) mass is 161 g/mol. The Labute approximate surface area is 70.9 Å². The van der Waals surface area contributed by atoms with Crippen LogP contribution in [0, 0.1) is 5.41 Å². The lowest BCUT2D eigenvalue weighted by Crippen LogP contribution is -2.36. The molecule has 0 amide bonds. The van der Waals surface area contributed by atoms with Crippen LogP contribution in [0.4, 0.5) is 4.79 Å². The molecular formula is C8H14O3. The number of carbonyl (C=O) groups is 1. The molecule has 0 aliphatic carbocycles. The van der Waals surface area contributed by atoms with Gasteiger partial charge in [-0.1, -0.05) is 20.2 Å². The molecule has 0 bridgehead atoms. The third-order valence-electron chi connectivity index (χ3n) is 1.66. The molecule has 0 radical (unpaired) electrons. The molecule has 1 saturated heterocycles. The van der Waals surface area contributed by atoms with Gasteiger partial charge in [0, 0.05) is 9.53 Å². The first-order valence-electron chi connectivity index (χ1n) is 5.21. The highest BCUT2D eigenvalue weighted by molar-refractivity contribution is 5.60. The molecule has 11 heavy (non-hydrogen) atoms. The lowest BCUT2D eigenvalue weighted by atomic mass is 9.87. The average Bonchev–Trinajstić information content (AvgIpc) is 2.07. The van der Waals surface area contributed by atoms with Gasteiger partial charge in [0.2, 0.25) is 0 Å². The van der Waals surface area contributed by atoms with Crippen LogP contribution in [-0.4, -0.2) is 19.4 Å². The second-order valence-corrected chi connectivity index (χ2v) is 2.86. The van der Waals surface area contributed by atoms with Crippen molar-refractivity contribution < 1.29 is 18.4 Å². The molecule has 1 aliphatic rings. The summed E-state index contributed by atoms with van der Waals surface area (Å²) in [5, 5.41) is 0. The highest BCUT2D eigenvalue weighted by Gasteiger charge is 2.31. The molecule has 0 aromatic carbocycles. The summed E-state index contributed by atoms with van der Waals surface area (Å²) in [5.41, 5.74) is -1.02. The quantitative estimate of drug-likeness (QED) is 0.581. The molecule has 0 unspecified atom stereocenters. The summed E-state index contributed by atoms with van der Waals surface area (Å²) in [7, 11) is 0. The predicted molar refractivity (Wildman–Crippen MR) is 40.3 cm³/mol. The normalized spacial score (nSPS) is 27.4. The highest BCUT2D eigenvalue weighted by atomic mass is 16.7. The van der Waals surface area contributed by atoms with Crippen molar-refractivity contribution >= 4 is 6.16 Å². The van der Waals surface area contributed by atoms with Gasteiger partial charge in [-0.15, -0.1) is 0 Å². The third-order valence-corrected chi connectivity index (χ3v) is 1.66. The lowest BCUT2D eigenvalue weighted by molar-refractivity contribution is -0.0554. The van der Waals surface area contributed by atoms with Crippen molar-refractivity contribution in [2.45, 2.75) is 26.6 Å². The molecule has 3 nitrogen and oxygen atoms in total. The van der Waals surface area contributed by atoms with E-state index >= 15 is 0 Å². The Kier molecular flexibility index (Phi) is 1.42. The SMILES string of the molecule is [2H]C([2H])([2H])C1(CCC)COC(=O)OC1. The van der Waals surface area contributed by atoms with E-state index in [4.69, 9.17) is 4.11 Å². The van der Waals surface area contributed by atoms with Gasteiger partial charge in [0.1, 0.15) is 13.2 Å². The Morgan fingerprint density at radius 2 is 2.27 bits per heavy atom. The van der Waals surface area contributed by atoms with Crippen molar-refractivity contribution in [2.24, 2.45) is 5.41 Å². The molecule has 1 rings (SSSR count). The van der Waals surface area contributed by atoms with Crippen molar-refractivity contribution in [3.63, 3.8) is 0 Å². The molecule has 0 atom stereocenters. The summed E-state index contributed by atoms with van der Waals surface area (Å²) in [4.78, 5) is 10.7. The van der Waals surface area contributed by atoms with Crippen molar-refractivity contribution in [2.75, 3.05) is 13.2 Å². The van der Waals surface area contributed by atoms with Gasteiger partial charge < -0.3 is 9.47 Å². The lowest BCUT2D eigenvalue weighted by Gasteiger charge is -2.31. The van der Waals surface area contributed by atoms with Gasteiger partial charge in [-0.3, -0.25) is 0 Å². The molecule has 0 aromatic heterocycles. The number of cyclic esters (lactones) is 2. The highest BCUT2D eigenvalue weighted by Crippen LogP contribution is 2.27. The Balaban J connectivity index is 2.78. The zero-order valence-electron chi connectivity index (χ0n) is 9.55. The second-order valence-electron chi connectivity index (χ2n) is 2.86. The van der Waals surface area contributed by atoms with E-state index in [1.807, 2.05) is 6.92 Å². The van der Waals surface area contributed by atoms with Crippen LogP contribution in [0.1, 0.15) is 30.7 Å². The van der Waals surface area contributed by atoms with Gasteiger partial charge in [-0.2, -0.15) is 0 Å². The zero-order chi connectivity index (χ0) is 10.8. The molecule has 0 N–H and O–H groups in total. The first kappa shape index (κ1) is 5.01. The third kappa shape index (κ3) is 2.10. The van der Waals surface area contributed by atoms with Crippen molar-refractivity contribution in [1.82, 2.24) is 0 Å². The summed E-state index contributed by atoms with van der Waals surface area (Å²) in [6, 6.07) is 0. The number of rotatable bonds is 2. The first-order chi connectivity index (χ1) is 6.41. The van der Waals surface area contributed by atoms with E-state index in [-0.39, 0.29) is 13.2 Å². The Morgan fingerprint density at radius 3 is 2.73 bits per heavy atom. The second kappa shape index (κ2) is 3.11. The number of hydrogen-bond acceptors (Lipinski definition) is 3. The van der Waals surface area contributed by atoms with Crippen LogP contribution >= 0.6 is 0 Å². The summed E-state index contributed by atoms with van der Waals surface area (Å²) in [5.74, 6) is 0. The molecule has 64 valence electrons. The smallest absolute Gasteiger partial charge is 0.434 e. The van der Waals surface area contributed by atoms with Crippen LogP contribution in [0.15, 0.2) is 0 Å². The van der Waals surface area contributed by atoms with Crippen molar-refractivity contribution in [1.29, 1.82) is 0 Å². The van der Waals surface area contributed by atoms with Crippen LogP contribution in [-0.2, 0) is 9.47 Å². The molecule has 1 aliphatic heterocycles. The van der Waals surface area contributed by atoms with E-state index in [1.165, 1.54) is 0 Å². The zero-order valence-corrected chi connectivity index (χ0v) is 6.55. The van der Waals surface area contributed by atoms with E-state index in [0.29, 0.717) is 6.42 Å². The fourth-order valence-corrected chi connectivity index (χ4v) is 1.10. The van der Waals surface area contributed by atoms with Gasteiger partial charge in [-0.25, -0.2) is 4.79 Å². The summed E-state index contributed by atoms with van der Waals surface area (Å²) >= 11 is 0. The van der Waals surface area contributed by atoms with Crippen LogP contribution in [0.3, 0.4) is 0 Å². The summed E-state index contributed by atoms with van der Waals surface area (Å²) in [6.07, 6.45) is 0.414. The molecule has 1 heterocycles. The summed E-state index contributed by atoms with van der Waals surface area (Å²) < 4.78 is 31.5. The van der Waals surface area contributed by atoms with Gasteiger partial charge in [0.25, 0.3) is 0 Å². The minimum absolute atomic E-state index is 0.0732. The molecule has 0 saturated carbocycles. The average molecular weight is 161 g/mol.